The molecule has 2 N–H and O–H groups in total. The molecule has 88 valence electrons. The van der Waals surface area contributed by atoms with Crippen LogP contribution in [0.15, 0.2) is 6.20 Å². The van der Waals surface area contributed by atoms with Crippen LogP contribution in [-0.2, 0) is 0 Å². The molecule has 1 aliphatic heterocycles. The molecule has 6 heteroatoms. The number of nitrogens with one attached hydrogen (secondary N) is 2. The molecule has 2 rings (SSSR count). The van der Waals surface area contributed by atoms with Crippen molar-refractivity contribution in [2.24, 2.45) is 5.92 Å². The minimum absolute atomic E-state index is 0.216. The largest absolute Gasteiger partial charge is 0.368 e. The Hall–Kier alpha value is -0.580. The molecule has 1 fully saturated rings. The highest BCUT2D eigenvalue weighted by Crippen LogP contribution is 2.20. The third-order valence-electron chi connectivity index (χ3n) is 2.67. The summed E-state index contributed by atoms with van der Waals surface area (Å²) < 4.78 is 0. The van der Waals surface area contributed by atoms with Gasteiger partial charge in [-0.3, -0.25) is 0 Å². The van der Waals surface area contributed by atoms with E-state index in [1.54, 1.807) is 0 Å². The standard InChI is InChI=1S/C10H14Cl2N4/c11-8-6-15-10(12)16-9(8)14-5-7-2-1-3-13-4-7/h6-7,13H,1-5H2,(H,14,15,16). The lowest BCUT2D eigenvalue weighted by Crippen LogP contribution is -2.33. The first-order valence-corrected chi connectivity index (χ1v) is 6.14. The van der Waals surface area contributed by atoms with Crippen LogP contribution in [-0.4, -0.2) is 29.6 Å². The van der Waals surface area contributed by atoms with Crippen LogP contribution in [0.25, 0.3) is 0 Å². The molecular formula is C10H14Cl2N4. The molecule has 0 saturated carbocycles. The fraction of sp³-hybridized carbons (Fsp3) is 0.600. The molecule has 16 heavy (non-hydrogen) atoms. The minimum atomic E-state index is 0.216. The second-order valence-electron chi connectivity index (χ2n) is 3.93. The van der Waals surface area contributed by atoms with E-state index in [0.29, 0.717) is 16.8 Å². The molecule has 0 aliphatic carbocycles. The van der Waals surface area contributed by atoms with Gasteiger partial charge in [-0.2, -0.15) is 4.98 Å². The van der Waals surface area contributed by atoms with Crippen LogP contribution in [0.2, 0.25) is 10.3 Å². The summed E-state index contributed by atoms with van der Waals surface area (Å²) in [6.45, 7) is 3.03. The Morgan fingerprint density at radius 3 is 3.12 bits per heavy atom. The quantitative estimate of drug-likeness (QED) is 0.819. The van der Waals surface area contributed by atoms with E-state index >= 15 is 0 Å². The molecule has 1 saturated heterocycles. The predicted octanol–water partition coefficient (Wildman–Crippen LogP) is 2.19. The summed E-state index contributed by atoms with van der Waals surface area (Å²) in [5.74, 6) is 1.24. The van der Waals surface area contributed by atoms with Crippen molar-refractivity contribution in [3.63, 3.8) is 0 Å². The van der Waals surface area contributed by atoms with Gasteiger partial charge < -0.3 is 10.6 Å². The average Bonchev–Trinajstić information content (AvgIpc) is 2.32. The molecule has 1 atom stereocenters. The van der Waals surface area contributed by atoms with E-state index in [9.17, 15) is 0 Å². The van der Waals surface area contributed by atoms with Gasteiger partial charge >= 0.3 is 0 Å². The summed E-state index contributed by atoms with van der Waals surface area (Å²) in [5.41, 5.74) is 0. The summed E-state index contributed by atoms with van der Waals surface area (Å²) in [6, 6.07) is 0. The third-order valence-corrected chi connectivity index (χ3v) is 3.13. The summed E-state index contributed by atoms with van der Waals surface area (Å²) in [7, 11) is 0. The first-order valence-electron chi connectivity index (χ1n) is 5.38. The molecule has 1 aromatic rings. The van der Waals surface area contributed by atoms with Crippen LogP contribution >= 0.6 is 23.2 Å². The molecular weight excluding hydrogens is 247 g/mol. The van der Waals surface area contributed by atoms with Crippen molar-refractivity contribution in [2.75, 3.05) is 25.0 Å². The summed E-state index contributed by atoms with van der Waals surface area (Å²) in [5, 5.41) is 7.31. The number of hydrogen-bond acceptors (Lipinski definition) is 4. The average molecular weight is 261 g/mol. The maximum absolute atomic E-state index is 5.95. The fourth-order valence-corrected chi connectivity index (χ4v) is 2.10. The third kappa shape index (κ3) is 3.20. The van der Waals surface area contributed by atoms with Gasteiger partial charge in [-0.05, 0) is 43.5 Å². The Morgan fingerprint density at radius 2 is 2.38 bits per heavy atom. The van der Waals surface area contributed by atoms with E-state index in [1.165, 1.54) is 19.0 Å². The van der Waals surface area contributed by atoms with Crippen LogP contribution in [0.5, 0.6) is 0 Å². The highest BCUT2D eigenvalue weighted by Gasteiger charge is 2.13. The van der Waals surface area contributed by atoms with E-state index in [0.717, 1.165) is 19.6 Å². The van der Waals surface area contributed by atoms with Crippen LogP contribution < -0.4 is 10.6 Å². The molecule has 1 aliphatic rings. The van der Waals surface area contributed by atoms with Gasteiger partial charge in [0, 0.05) is 6.54 Å². The fourth-order valence-electron chi connectivity index (χ4n) is 1.81. The zero-order valence-electron chi connectivity index (χ0n) is 8.84. The molecule has 1 unspecified atom stereocenters. The highest BCUT2D eigenvalue weighted by atomic mass is 35.5. The van der Waals surface area contributed by atoms with Crippen molar-refractivity contribution in [1.82, 2.24) is 15.3 Å². The van der Waals surface area contributed by atoms with Gasteiger partial charge in [0.05, 0.1) is 6.20 Å². The van der Waals surface area contributed by atoms with E-state index < -0.39 is 0 Å². The van der Waals surface area contributed by atoms with Crippen molar-refractivity contribution >= 4 is 29.0 Å². The van der Waals surface area contributed by atoms with E-state index in [-0.39, 0.29) is 5.28 Å². The minimum Gasteiger partial charge on any atom is -0.368 e. The zero-order valence-corrected chi connectivity index (χ0v) is 10.4. The predicted molar refractivity (Wildman–Crippen MR) is 66.1 cm³/mol. The monoisotopic (exact) mass is 260 g/mol. The maximum atomic E-state index is 5.95. The number of piperidine rings is 1. The van der Waals surface area contributed by atoms with Gasteiger partial charge in [-0.1, -0.05) is 11.6 Å². The van der Waals surface area contributed by atoms with Gasteiger partial charge in [-0.25, -0.2) is 4.98 Å². The summed E-state index contributed by atoms with van der Waals surface area (Å²) >= 11 is 11.7. The normalized spacial score (nSPS) is 20.8. The Labute approximate surface area is 105 Å². The smallest absolute Gasteiger partial charge is 0.224 e. The molecule has 2 heterocycles. The first-order chi connectivity index (χ1) is 7.75. The van der Waals surface area contributed by atoms with E-state index in [4.69, 9.17) is 23.2 Å². The lowest BCUT2D eigenvalue weighted by atomic mass is 10.00. The summed E-state index contributed by atoms with van der Waals surface area (Å²) in [4.78, 5) is 7.85. The first kappa shape index (κ1) is 11.9. The molecule has 4 nitrogen and oxygen atoms in total. The number of rotatable bonds is 3. The molecule has 0 aromatic carbocycles. The Balaban J connectivity index is 1.90. The van der Waals surface area contributed by atoms with Crippen molar-refractivity contribution in [1.29, 1.82) is 0 Å². The second-order valence-corrected chi connectivity index (χ2v) is 4.67. The molecule has 1 aromatic heterocycles. The topological polar surface area (TPSA) is 49.8 Å². The molecule has 0 spiro atoms. The van der Waals surface area contributed by atoms with Crippen molar-refractivity contribution in [2.45, 2.75) is 12.8 Å². The molecule has 0 radical (unpaired) electrons. The number of aromatic nitrogens is 2. The van der Waals surface area contributed by atoms with Gasteiger partial charge in [0.15, 0.2) is 0 Å². The zero-order chi connectivity index (χ0) is 11.4. The van der Waals surface area contributed by atoms with Gasteiger partial charge in [0.2, 0.25) is 5.28 Å². The van der Waals surface area contributed by atoms with Gasteiger partial charge in [0.25, 0.3) is 0 Å². The lowest BCUT2D eigenvalue weighted by molar-refractivity contribution is 0.392. The van der Waals surface area contributed by atoms with Crippen molar-refractivity contribution in [3.8, 4) is 0 Å². The van der Waals surface area contributed by atoms with Crippen LogP contribution in [0.1, 0.15) is 12.8 Å². The number of hydrogen-bond donors (Lipinski definition) is 2. The van der Waals surface area contributed by atoms with E-state index in [2.05, 4.69) is 20.6 Å². The van der Waals surface area contributed by atoms with Crippen LogP contribution in [0, 0.1) is 5.92 Å². The molecule has 0 bridgehead atoms. The maximum Gasteiger partial charge on any atom is 0.224 e. The van der Waals surface area contributed by atoms with E-state index in [1.807, 2.05) is 0 Å². The lowest BCUT2D eigenvalue weighted by Gasteiger charge is -2.23. The van der Waals surface area contributed by atoms with Crippen molar-refractivity contribution in [3.05, 3.63) is 16.5 Å². The Bertz CT molecular complexity index is 353. The Morgan fingerprint density at radius 1 is 1.50 bits per heavy atom. The second kappa shape index (κ2) is 5.66. The van der Waals surface area contributed by atoms with Gasteiger partial charge in [-0.15, -0.1) is 0 Å². The summed E-state index contributed by atoms with van der Waals surface area (Å²) in [6.07, 6.45) is 3.97. The SMILES string of the molecule is Clc1ncc(Cl)c(NCC2CCCNC2)n1. The van der Waals surface area contributed by atoms with Gasteiger partial charge in [0.1, 0.15) is 10.8 Å². The van der Waals surface area contributed by atoms with Crippen molar-refractivity contribution < 1.29 is 0 Å². The number of anilines is 1. The van der Waals surface area contributed by atoms with Crippen LogP contribution in [0.3, 0.4) is 0 Å². The van der Waals surface area contributed by atoms with Crippen LogP contribution in [0.4, 0.5) is 5.82 Å². The number of nitrogens with zero attached hydrogens (tertiary/aromatic N) is 2. The Kier molecular flexibility index (Phi) is 4.21. The molecule has 0 amide bonds. The number of halogens is 2. The highest BCUT2D eigenvalue weighted by molar-refractivity contribution is 6.33.